The molecule has 0 bridgehead atoms. The van der Waals surface area contributed by atoms with E-state index >= 15 is 0 Å². The molecule has 3 nitrogen and oxygen atoms in total. The van der Waals surface area contributed by atoms with E-state index in [-0.39, 0.29) is 11.2 Å². The van der Waals surface area contributed by atoms with Gasteiger partial charge in [-0.2, -0.15) is 0 Å². The zero-order chi connectivity index (χ0) is 11.8. The van der Waals surface area contributed by atoms with Crippen LogP contribution in [0.3, 0.4) is 0 Å². The third kappa shape index (κ3) is 1.81. The SMILES string of the molecule is CN=C1NC(C)(c2ccc(F)cc2)C(N)S1. The highest BCUT2D eigenvalue weighted by atomic mass is 32.2. The quantitative estimate of drug-likeness (QED) is 0.783. The van der Waals surface area contributed by atoms with Crippen molar-refractivity contribution in [2.75, 3.05) is 7.05 Å². The summed E-state index contributed by atoms with van der Waals surface area (Å²) in [5.41, 5.74) is 6.64. The average molecular weight is 239 g/mol. The van der Waals surface area contributed by atoms with Crippen molar-refractivity contribution in [3.05, 3.63) is 35.6 Å². The van der Waals surface area contributed by atoms with Crippen molar-refractivity contribution < 1.29 is 4.39 Å². The largest absolute Gasteiger partial charge is 0.353 e. The maximum atomic E-state index is 12.9. The summed E-state index contributed by atoms with van der Waals surface area (Å²) < 4.78 is 12.9. The Labute approximate surface area is 98.3 Å². The Kier molecular flexibility index (Phi) is 2.90. The molecular formula is C11H14FN3S. The molecule has 0 amide bonds. The second-order valence-electron chi connectivity index (χ2n) is 3.90. The van der Waals surface area contributed by atoms with Gasteiger partial charge < -0.3 is 11.1 Å². The van der Waals surface area contributed by atoms with Gasteiger partial charge in [-0.3, -0.25) is 4.99 Å². The maximum Gasteiger partial charge on any atom is 0.158 e. The lowest BCUT2D eigenvalue weighted by Gasteiger charge is -2.28. The Hall–Kier alpha value is -1.07. The molecule has 16 heavy (non-hydrogen) atoms. The van der Waals surface area contributed by atoms with Crippen LogP contribution in [0.5, 0.6) is 0 Å². The number of nitrogens with one attached hydrogen (secondary N) is 1. The Bertz CT molecular complexity index is 418. The molecule has 2 unspecified atom stereocenters. The lowest BCUT2D eigenvalue weighted by molar-refractivity contribution is 0.437. The van der Waals surface area contributed by atoms with E-state index in [0.717, 1.165) is 10.7 Å². The maximum absolute atomic E-state index is 12.9. The number of nitrogens with two attached hydrogens (primary N) is 1. The molecular weight excluding hydrogens is 225 g/mol. The number of benzene rings is 1. The van der Waals surface area contributed by atoms with E-state index in [2.05, 4.69) is 10.3 Å². The van der Waals surface area contributed by atoms with Crippen molar-refractivity contribution in [1.29, 1.82) is 0 Å². The molecule has 2 rings (SSSR count). The fourth-order valence-electron chi connectivity index (χ4n) is 1.70. The molecule has 1 aliphatic heterocycles. The van der Waals surface area contributed by atoms with Crippen molar-refractivity contribution in [1.82, 2.24) is 5.32 Å². The molecule has 1 heterocycles. The lowest BCUT2D eigenvalue weighted by atomic mass is 9.92. The van der Waals surface area contributed by atoms with E-state index < -0.39 is 5.54 Å². The highest BCUT2D eigenvalue weighted by Crippen LogP contribution is 2.36. The van der Waals surface area contributed by atoms with Crippen LogP contribution in [0.25, 0.3) is 0 Å². The van der Waals surface area contributed by atoms with E-state index in [4.69, 9.17) is 5.73 Å². The van der Waals surface area contributed by atoms with Gasteiger partial charge in [0.05, 0.1) is 10.9 Å². The van der Waals surface area contributed by atoms with E-state index in [1.807, 2.05) is 6.92 Å². The van der Waals surface area contributed by atoms with Gasteiger partial charge in [0.2, 0.25) is 0 Å². The topological polar surface area (TPSA) is 50.4 Å². The fraction of sp³-hybridized carbons (Fsp3) is 0.364. The molecule has 5 heteroatoms. The number of nitrogens with zero attached hydrogens (tertiary/aromatic N) is 1. The van der Waals surface area contributed by atoms with Crippen molar-refractivity contribution >= 4 is 16.9 Å². The van der Waals surface area contributed by atoms with E-state index in [9.17, 15) is 4.39 Å². The molecule has 86 valence electrons. The predicted molar refractivity (Wildman–Crippen MR) is 65.8 cm³/mol. The van der Waals surface area contributed by atoms with Gasteiger partial charge in [0.15, 0.2) is 5.17 Å². The van der Waals surface area contributed by atoms with Crippen LogP contribution in [-0.4, -0.2) is 17.6 Å². The summed E-state index contributed by atoms with van der Waals surface area (Å²) in [5.74, 6) is -0.240. The van der Waals surface area contributed by atoms with Gasteiger partial charge in [0, 0.05) is 7.05 Å². The van der Waals surface area contributed by atoms with Gasteiger partial charge in [-0.05, 0) is 24.6 Å². The van der Waals surface area contributed by atoms with Crippen molar-refractivity contribution in [3.63, 3.8) is 0 Å². The third-order valence-electron chi connectivity index (χ3n) is 2.82. The van der Waals surface area contributed by atoms with Crippen LogP contribution in [0.1, 0.15) is 12.5 Å². The third-order valence-corrected chi connectivity index (χ3v) is 4.05. The van der Waals surface area contributed by atoms with Gasteiger partial charge in [-0.1, -0.05) is 23.9 Å². The molecule has 0 aromatic heterocycles. The van der Waals surface area contributed by atoms with Crippen molar-refractivity contribution in [2.45, 2.75) is 17.8 Å². The summed E-state index contributed by atoms with van der Waals surface area (Å²) in [4.78, 5) is 4.09. The van der Waals surface area contributed by atoms with Crippen LogP contribution in [-0.2, 0) is 5.54 Å². The van der Waals surface area contributed by atoms with Gasteiger partial charge in [0.1, 0.15) is 5.82 Å². The summed E-state index contributed by atoms with van der Waals surface area (Å²) in [6, 6.07) is 6.39. The molecule has 0 radical (unpaired) electrons. The first-order valence-corrected chi connectivity index (χ1v) is 5.87. The minimum Gasteiger partial charge on any atom is -0.353 e. The summed E-state index contributed by atoms with van der Waals surface area (Å²) in [5, 5.41) is 3.96. The monoisotopic (exact) mass is 239 g/mol. The van der Waals surface area contributed by atoms with Gasteiger partial charge in [-0.15, -0.1) is 0 Å². The number of hydrogen-bond donors (Lipinski definition) is 2. The minimum atomic E-state index is -0.396. The van der Waals surface area contributed by atoms with Crippen molar-refractivity contribution in [3.8, 4) is 0 Å². The van der Waals surface area contributed by atoms with Gasteiger partial charge in [-0.25, -0.2) is 4.39 Å². The molecule has 1 aliphatic rings. The van der Waals surface area contributed by atoms with Crippen LogP contribution in [0.15, 0.2) is 29.3 Å². The van der Waals surface area contributed by atoms with Crippen LogP contribution < -0.4 is 11.1 Å². The van der Waals surface area contributed by atoms with E-state index in [1.54, 1.807) is 19.2 Å². The zero-order valence-corrected chi connectivity index (χ0v) is 10.0. The molecule has 0 aliphatic carbocycles. The Morgan fingerprint density at radius 3 is 2.56 bits per heavy atom. The van der Waals surface area contributed by atoms with Crippen LogP contribution in [0, 0.1) is 5.82 Å². The molecule has 0 saturated carbocycles. The number of aliphatic imine (C=N–C) groups is 1. The number of hydrogen-bond acceptors (Lipinski definition) is 3. The van der Waals surface area contributed by atoms with Crippen molar-refractivity contribution in [2.24, 2.45) is 10.7 Å². The highest BCUT2D eigenvalue weighted by Gasteiger charge is 2.41. The minimum absolute atomic E-state index is 0.128. The van der Waals surface area contributed by atoms with Crippen LogP contribution in [0.4, 0.5) is 4.39 Å². The lowest BCUT2D eigenvalue weighted by Crippen LogP contribution is -2.46. The Morgan fingerprint density at radius 1 is 1.44 bits per heavy atom. The zero-order valence-electron chi connectivity index (χ0n) is 9.20. The number of amidine groups is 1. The molecule has 1 aromatic rings. The van der Waals surface area contributed by atoms with Crippen LogP contribution in [0.2, 0.25) is 0 Å². The second-order valence-corrected chi connectivity index (χ2v) is 5.03. The average Bonchev–Trinajstić information content (AvgIpc) is 2.57. The number of rotatable bonds is 1. The summed E-state index contributed by atoms with van der Waals surface area (Å²) in [6.45, 7) is 2.00. The molecule has 1 aromatic carbocycles. The number of thioether (sulfide) groups is 1. The summed E-state index contributed by atoms with van der Waals surface area (Å²) >= 11 is 1.49. The molecule has 3 N–H and O–H groups in total. The van der Waals surface area contributed by atoms with Crippen LogP contribution >= 0.6 is 11.8 Å². The van der Waals surface area contributed by atoms with E-state index in [1.165, 1.54) is 23.9 Å². The van der Waals surface area contributed by atoms with Gasteiger partial charge >= 0.3 is 0 Å². The first-order chi connectivity index (χ1) is 7.56. The smallest absolute Gasteiger partial charge is 0.158 e. The number of halogens is 1. The standard InChI is InChI=1S/C11H14FN3S/c1-11(7-3-5-8(12)6-4-7)9(13)16-10(14-2)15-11/h3-6,9H,13H2,1-2H3,(H,14,15). The second kappa shape index (κ2) is 4.07. The first kappa shape index (κ1) is 11.4. The molecule has 1 saturated heterocycles. The molecule has 1 fully saturated rings. The molecule has 2 atom stereocenters. The highest BCUT2D eigenvalue weighted by molar-refractivity contribution is 8.14. The summed E-state index contributed by atoms with van der Waals surface area (Å²) in [6.07, 6.45) is 0. The Balaban J connectivity index is 2.35. The normalized spacial score (nSPS) is 31.8. The van der Waals surface area contributed by atoms with E-state index in [0.29, 0.717) is 0 Å². The Morgan fingerprint density at radius 2 is 2.06 bits per heavy atom. The first-order valence-electron chi connectivity index (χ1n) is 4.99. The predicted octanol–water partition coefficient (Wildman–Crippen LogP) is 1.65. The molecule has 0 spiro atoms. The fourth-order valence-corrected chi connectivity index (χ4v) is 2.75. The van der Waals surface area contributed by atoms with Gasteiger partial charge in [0.25, 0.3) is 0 Å². The summed E-state index contributed by atoms with van der Waals surface area (Å²) in [7, 11) is 1.72.